The van der Waals surface area contributed by atoms with E-state index in [-0.39, 0.29) is 0 Å². The molecule has 0 saturated carbocycles. The lowest BCUT2D eigenvalue weighted by atomic mass is 10.1. The molecular weight excluding hydrogens is 276 g/mol. The van der Waals surface area contributed by atoms with Crippen LogP contribution in [0.5, 0.6) is 0 Å². The second-order valence-electron chi connectivity index (χ2n) is 4.49. The van der Waals surface area contributed by atoms with E-state index in [0.717, 1.165) is 27.6 Å². The molecule has 0 aliphatic heterocycles. The van der Waals surface area contributed by atoms with Gasteiger partial charge in [0, 0.05) is 11.4 Å². The number of aromatic nitrogens is 1. The number of hydrogen-bond acceptors (Lipinski definition) is 3. The minimum atomic E-state index is 0.625. The number of thioether (sulfide) groups is 1. The summed E-state index contributed by atoms with van der Waals surface area (Å²) in [5.74, 6) is 0.743. The zero-order chi connectivity index (χ0) is 15.1. The normalized spacial score (nSPS) is 10.5. The van der Waals surface area contributed by atoms with E-state index < -0.39 is 0 Å². The van der Waals surface area contributed by atoms with Gasteiger partial charge in [0.15, 0.2) is 0 Å². The van der Waals surface area contributed by atoms with E-state index in [4.69, 9.17) is 0 Å². The van der Waals surface area contributed by atoms with Gasteiger partial charge in [0.2, 0.25) is 0 Å². The molecule has 0 radical (unpaired) electrons. The molecule has 0 amide bonds. The third-order valence-corrected chi connectivity index (χ3v) is 3.82. The first kappa shape index (κ1) is 15.1. The lowest BCUT2D eigenvalue weighted by Gasteiger charge is -2.06. The maximum Gasteiger partial charge on any atom is 0.115 e. The van der Waals surface area contributed by atoms with Gasteiger partial charge in [0.1, 0.15) is 11.1 Å². The molecule has 0 aliphatic carbocycles. The van der Waals surface area contributed by atoms with Crippen molar-refractivity contribution >= 4 is 23.9 Å². The summed E-state index contributed by atoms with van der Waals surface area (Å²) in [6.45, 7) is 5.65. The Bertz CT molecular complexity index is 697. The van der Waals surface area contributed by atoms with Crippen molar-refractivity contribution in [1.82, 2.24) is 4.98 Å². The fourth-order valence-electron chi connectivity index (χ4n) is 1.91. The maximum atomic E-state index is 9.42. The molecule has 21 heavy (non-hydrogen) atoms. The van der Waals surface area contributed by atoms with Gasteiger partial charge in [0.05, 0.1) is 5.56 Å². The van der Waals surface area contributed by atoms with Crippen molar-refractivity contribution in [3.63, 3.8) is 0 Å². The van der Waals surface area contributed by atoms with Crippen LogP contribution in [-0.2, 0) is 0 Å². The van der Waals surface area contributed by atoms with Crippen molar-refractivity contribution in [3.8, 4) is 6.07 Å². The number of aryl methyl sites for hydroxylation is 1. The molecule has 2 rings (SSSR count). The summed E-state index contributed by atoms with van der Waals surface area (Å²) in [4.78, 5) is 4.46. The molecule has 1 heterocycles. The Hall–Kier alpha value is -2.31. The molecular formula is C18H16N2S. The standard InChI is InChI=1S/C18H16N2S/c1-3-11-21-18-17(13-19)16(12-14(2)20-18)10-9-15-7-5-4-6-8-15/h3-10,12H,1,11H2,2H3/b10-9+. The number of nitrogens with zero attached hydrogens (tertiary/aromatic N) is 2. The lowest BCUT2D eigenvalue weighted by Crippen LogP contribution is -1.94. The van der Waals surface area contributed by atoms with Gasteiger partial charge in [-0.15, -0.1) is 18.3 Å². The zero-order valence-electron chi connectivity index (χ0n) is 11.9. The van der Waals surface area contributed by atoms with E-state index in [9.17, 15) is 5.26 Å². The Morgan fingerprint density at radius 1 is 1.29 bits per heavy atom. The Balaban J connectivity index is 2.38. The van der Waals surface area contributed by atoms with Gasteiger partial charge in [-0.2, -0.15) is 5.26 Å². The van der Waals surface area contributed by atoms with Crippen molar-refractivity contribution < 1.29 is 0 Å². The summed E-state index contributed by atoms with van der Waals surface area (Å²) in [7, 11) is 0. The molecule has 0 bridgehead atoms. The average Bonchev–Trinajstić information content (AvgIpc) is 2.51. The van der Waals surface area contributed by atoms with Gasteiger partial charge in [-0.05, 0) is 24.1 Å². The number of rotatable bonds is 5. The Morgan fingerprint density at radius 3 is 2.71 bits per heavy atom. The van der Waals surface area contributed by atoms with Crippen LogP contribution in [0.4, 0.5) is 0 Å². The highest BCUT2D eigenvalue weighted by Gasteiger charge is 2.09. The highest BCUT2D eigenvalue weighted by Crippen LogP contribution is 2.25. The predicted octanol–water partition coefficient (Wildman–Crippen LogP) is 4.71. The quantitative estimate of drug-likeness (QED) is 0.591. The molecule has 0 atom stereocenters. The van der Waals surface area contributed by atoms with Gasteiger partial charge >= 0.3 is 0 Å². The minimum Gasteiger partial charge on any atom is -0.245 e. The molecule has 104 valence electrons. The van der Waals surface area contributed by atoms with Crippen LogP contribution in [0.15, 0.2) is 54.1 Å². The molecule has 2 nitrogen and oxygen atoms in total. The number of benzene rings is 1. The van der Waals surface area contributed by atoms with Crippen LogP contribution in [-0.4, -0.2) is 10.7 Å². The Labute approximate surface area is 129 Å². The Kier molecular flexibility index (Phi) is 5.36. The summed E-state index contributed by atoms with van der Waals surface area (Å²) in [6.07, 6.45) is 5.80. The topological polar surface area (TPSA) is 36.7 Å². The number of pyridine rings is 1. The summed E-state index contributed by atoms with van der Waals surface area (Å²) >= 11 is 1.54. The third-order valence-electron chi connectivity index (χ3n) is 2.85. The summed E-state index contributed by atoms with van der Waals surface area (Å²) in [5.41, 5.74) is 3.55. The minimum absolute atomic E-state index is 0.625. The summed E-state index contributed by atoms with van der Waals surface area (Å²) in [5, 5.41) is 10.2. The molecule has 0 aliphatic rings. The van der Waals surface area contributed by atoms with Crippen LogP contribution >= 0.6 is 11.8 Å². The van der Waals surface area contributed by atoms with E-state index in [1.807, 2.05) is 61.5 Å². The van der Waals surface area contributed by atoms with Crippen molar-refractivity contribution in [3.05, 3.63) is 71.4 Å². The summed E-state index contributed by atoms with van der Waals surface area (Å²) in [6, 6.07) is 14.2. The number of hydrogen-bond donors (Lipinski definition) is 0. The van der Waals surface area contributed by atoms with Crippen LogP contribution in [0, 0.1) is 18.3 Å². The fourth-order valence-corrected chi connectivity index (χ4v) is 2.70. The zero-order valence-corrected chi connectivity index (χ0v) is 12.7. The van der Waals surface area contributed by atoms with Gasteiger partial charge in [-0.25, -0.2) is 4.98 Å². The van der Waals surface area contributed by atoms with Crippen molar-refractivity contribution in [2.75, 3.05) is 5.75 Å². The Morgan fingerprint density at radius 2 is 2.05 bits per heavy atom. The van der Waals surface area contributed by atoms with Crippen molar-refractivity contribution in [1.29, 1.82) is 5.26 Å². The van der Waals surface area contributed by atoms with Gasteiger partial charge in [-0.1, -0.05) is 48.6 Å². The second-order valence-corrected chi connectivity index (χ2v) is 5.50. The smallest absolute Gasteiger partial charge is 0.115 e. The van der Waals surface area contributed by atoms with Crippen LogP contribution in [0.25, 0.3) is 12.2 Å². The number of nitriles is 1. The molecule has 2 aromatic rings. The highest BCUT2D eigenvalue weighted by molar-refractivity contribution is 7.99. The predicted molar refractivity (Wildman–Crippen MR) is 90.0 cm³/mol. The molecule has 0 unspecified atom stereocenters. The van der Waals surface area contributed by atoms with Crippen LogP contribution in [0.2, 0.25) is 0 Å². The van der Waals surface area contributed by atoms with E-state index >= 15 is 0 Å². The molecule has 1 aromatic carbocycles. The molecule has 3 heteroatoms. The molecule has 0 saturated heterocycles. The first-order chi connectivity index (χ1) is 10.2. The first-order valence-electron chi connectivity index (χ1n) is 6.63. The average molecular weight is 292 g/mol. The van der Waals surface area contributed by atoms with Gasteiger partial charge in [-0.3, -0.25) is 0 Å². The molecule has 0 N–H and O–H groups in total. The van der Waals surface area contributed by atoms with Crippen molar-refractivity contribution in [2.24, 2.45) is 0 Å². The monoisotopic (exact) mass is 292 g/mol. The lowest BCUT2D eigenvalue weighted by molar-refractivity contribution is 1.05. The van der Waals surface area contributed by atoms with Gasteiger partial charge < -0.3 is 0 Å². The molecule has 0 fully saturated rings. The third kappa shape index (κ3) is 4.08. The van der Waals surface area contributed by atoms with Crippen LogP contribution < -0.4 is 0 Å². The van der Waals surface area contributed by atoms with E-state index in [2.05, 4.69) is 17.6 Å². The van der Waals surface area contributed by atoms with Crippen LogP contribution in [0.3, 0.4) is 0 Å². The second kappa shape index (κ2) is 7.47. The SMILES string of the molecule is C=CCSc1nc(C)cc(/C=C/c2ccccc2)c1C#N. The maximum absolute atomic E-state index is 9.42. The van der Waals surface area contributed by atoms with Crippen LogP contribution in [0.1, 0.15) is 22.4 Å². The first-order valence-corrected chi connectivity index (χ1v) is 7.61. The molecule has 0 spiro atoms. The highest BCUT2D eigenvalue weighted by atomic mass is 32.2. The fraction of sp³-hybridized carbons (Fsp3) is 0.111. The molecule has 1 aromatic heterocycles. The van der Waals surface area contributed by atoms with E-state index in [1.54, 1.807) is 0 Å². The van der Waals surface area contributed by atoms with E-state index in [0.29, 0.717) is 5.56 Å². The van der Waals surface area contributed by atoms with E-state index in [1.165, 1.54) is 11.8 Å². The van der Waals surface area contributed by atoms with Gasteiger partial charge in [0.25, 0.3) is 0 Å². The largest absolute Gasteiger partial charge is 0.245 e. The summed E-state index contributed by atoms with van der Waals surface area (Å²) < 4.78 is 0. The van der Waals surface area contributed by atoms with Crippen molar-refractivity contribution in [2.45, 2.75) is 11.9 Å².